The van der Waals surface area contributed by atoms with Crippen LogP contribution < -0.4 is 9.80 Å². The summed E-state index contributed by atoms with van der Waals surface area (Å²) in [5, 5.41) is 5.12. The van der Waals surface area contributed by atoms with Crippen LogP contribution >= 0.6 is 0 Å². The van der Waals surface area contributed by atoms with Crippen LogP contribution in [0.15, 0.2) is 138 Å². The van der Waals surface area contributed by atoms with E-state index in [-0.39, 0.29) is 5.41 Å². The second-order valence-electron chi connectivity index (χ2n) is 18.3. The quantitative estimate of drug-likeness (QED) is 0.136. The summed E-state index contributed by atoms with van der Waals surface area (Å²) in [4.78, 5) is 4.99. The summed E-state index contributed by atoms with van der Waals surface area (Å²) in [5.41, 5.74) is 24.0. The lowest BCUT2D eigenvalue weighted by Gasteiger charge is -2.32. The lowest BCUT2D eigenvalue weighted by atomic mass is 9.81. The minimum absolute atomic E-state index is 0.157. The van der Waals surface area contributed by atoms with Crippen molar-refractivity contribution in [3.05, 3.63) is 183 Å². The van der Waals surface area contributed by atoms with E-state index in [1.54, 1.807) is 5.57 Å². The molecule has 0 heterocycles. The largest absolute Gasteiger partial charge is 0.314 e. The van der Waals surface area contributed by atoms with Gasteiger partial charge in [-0.2, -0.15) is 0 Å². The van der Waals surface area contributed by atoms with Crippen molar-refractivity contribution >= 4 is 50.0 Å². The Hall–Kier alpha value is -5.86. The van der Waals surface area contributed by atoms with E-state index in [0.717, 1.165) is 38.5 Å². The number of nitrogens with zero attached hydrogens (tertiary/aromatic N) is 2. The van der Waals surface area contributed by atoms with E-state index in [9.17, 15) is 0 Å². The smallest absolute Gasteiger partial charge is 0.0468 e. The van der Waals surface area contributed by atoms with Crippen LogP contribution in [0.5, 0.6) is 0 Å². The van der Waals surface area contributed by atoms with Crippen molar-refractivity contribution in [2.75, 3.05) is 9.80 Å². The molecule has 7 aromatic rings. The minimum Gasteiger partial charge on any atom is -0.314 e. The number of hydrogen-bond donors (Lipinski definition) is 0. The van der Waals surface area contributed by atoms with Crippen molar-refractivity contribution in [1.82, 2.24) is 0 Å². The summed E-state index contributed by atoms with van der Waals surface area (Å²) in [6, 6.07) is 45.0. The highest BCUT2D eigenvalue weighted by atomic mass is 15.2. The Morgan fingerprint density at radius 1 is 0.426 bits per heavy atom. The standard InChI is InChI=1S/C59H62N2/c1-11-41-17-23-51(29-43(41)13-3)60(49-21-15-37(5)39(7)27-49)53-25-19-45-33-55-56-34-46-20-26-54(32-48(46)36-58(56)59(9,10)57(55)35-47(45)31-53)61(50-22-16-38(6)40(8)28-50)52-24-18-42(12-2)44(14-4)30-52/h15-17,19-23,25-36H,11-14,18,24H2,1-10H3. The van der Waals surface area contributed by atoms with Gasteiger partial charge in [-0.1, -0.05) is 77.4 Å². The van der Waals surface area contributed by atoms with Gasteiger partial charge in [0.1, 0.15) is 0 Å². The first-order chi connectivity index (χ1) is 29.4. The van der Waals surface area contributed by atoms with Gasteiger partial charge in [0.15, 0.2) is 0 Å². The molecule has 0 spiro atoms. The summed E-state index contributed by atoms with van der Waals surface area (Å²) in [6.45, 7) is 22.9. The van der Waals surface area contributed by atoms with E-state index >= 15 is 0 Å². The number of anilines is 5. The molecule has 0 fully saturated rings. The Labute approximate surface area is 365 Å². The number of hydrogen-bond acceptors (Lipinski definition) is 2. The Balaban J connectivity index is 1.14. The molecule has 2 heteroatoms. The molecule has 0 bridgehead atoms. The Morgan fingerprint density at radius 2 is 0.918 bits per heavy atom. The third kappa shape index (κ3) is 7.08. The molecule has 9 rings (SSSR count). The maximum atomic E-state index is 2.54. The topological polar surface area (TPSA) is 6.48 Å². The summed E-state index contributed by atoms with van der Waals surface area (Å²) in [7, 11) is 0. The molecule has 308 valence electrons. The zero-order chi connectivity index (χ0) is 42.7. The Kier molecular flexibility index (Phi) is 10.5. The van der Waals surface area contributed by atoms with Crippen LogP contribution in [-0.4, -0.2) is 0 Å². The Morgan fingerprint density at radius 3 is 1.44 bits per heavy atom. The molecule has 2 nitrogen and oxygen atoms in total. The predicted octanol–water partition coefficient (Wildman–Crippen LogP) is 17.1. The molecule has 0 aromatic heterocycles. The SMILES string of the molecule is CCC1=C(CC)CCC(N(c2ccc(C)c(C)c2)c2ccc3cc4c(cc3c2)C(C)(C)c2cc3cc(N(c5ccc(C)c(C)c5)c5ccc(CC)c(CC)c5)ccc3cc2-4)=C1. The highest BCUT2D eigenvalue weighted by molar-refractivity contribution is 6.00. The highest BCUT2D eigenvalue weighted by Gasteiger charge is 2.36. The van der Waals surface area contributed by atoms with Crippen molar-refractivity contribution in [1.29, 1.82) is 0 Å². The fourth-order valence-corrected chi connectivity index (χ4v) is 10.3. The van der Waals surface area contributed by atoms with Gasteiger partial charge in [-0.05, 0) is 240 Å². The first kappa shape index (κ1) is 40.5. The summed E-state index contributed by atoms with van der Waals surface area (Å²) < 4.78 is 0. The highest BCUT2D eigenvalue weighted by Crippen LogP contribution is 2.52. The summed E-state index contributed by atoms with van der Waals surface area (Å²) in [6.07, 6.45) is 8.94. The molecule has 0 saturated heterocycles. The van der Waals surface area contributed by atoms with Crippen molar-refractivity contribution < 1.29 is 0 Å². The number of fused-ring (bicyclic) bond motifs is 5. The van der Waals surface area contributed by atoms with Gasteiger partial charge in [-0.25, -0.2) is 0 Å². The van der Waals surface area contributed by atoms with Gasteiger partial charge in [-0.3, -0.25) is 0 Å². The van der Waals surface area contributed by atoms with Crippen LogP contribution in [0.4, 0.5) is 28.4 Å². The lowest BCUT2D eigenvalue weighted by Crippen LogP contribution is -2.19. The molecule has 7 aromatic carbocycles. The first-order valence-electron chi connectivity index (χ1n) is 22.9. The zero-order valence-corrected chi connectivity index (χ0v) is 38.2. The second-order valence-corrected chi connectivity index (χ2v) is 18.3. The van der Waals surface area contributed by atoms with Gasteiger partial charge in [0.25, 0.3) is 0 Å². The summed E-state index contributed by atoms with van der Waals surface area (Å²) >= 11 is 0. The molecule has 2 aliphatic carbocycles. The van der Waals surface area contributed by atoms with Gasteiger partial charge in [0.05, 0.1) is 0 Å². The monoisotopic (exact) mass is 798 g/mol. The van der Waals surface area contributed by atoms with Gasteiger partial charge >= 0.3 is 0 Å². The number of rotatable bonds is 10. The van der Waals surface area contributed by atoms with Crippen LogP contribution in [0, 0.1) is 27.7 Å². The Bertz CT molecular complexity index is 2940. The minimum atomic E-state index is -0.157. The van der Waals surface area contributed by atoms with Gasteiger partial charge in [0, 0.05) is 39.5 Å². The maximum Gasteiger partial charge on any atom is 0.0468 e. The second kappa shape index (κ2) is 15.9. The summed E-state index contributed by atoms with van der Waals surface area (Å²) in [5.74, 6) is 0. The third-order valence-electron chi connectivity index (χ3n) is 14.4. The van der Waals surface area contributed by atoms with E-state index in [2.05, 4.69) is 200 Å². The fourth-order valence-electron chi connectivity index (χ4n) is 10.3. The van der Waals surface area contributed by atoms with E-state index < -0.39 is 0 Å². The third-order valence-corrected chi connectivity index (χ3v) is 14.4. The van der Waals surface area contributed by atoms with Crippen LogP contribution in [0.2, 0.25) is 0 Å². The predicted molar refractivity (Wildman–Crippen MR) is 265 cm³/mol. The molecule has 0 radical (unpaired) electrons. The van der Waals surface area contributed by atoms with Crippen molar-refractivity contribution in [3.63, 3.8) is 0 Å². The first-order valence-corrected chi connectivity index (χ1v) is 22.9. The molecular formula is C59H62N2. The van der Waals surface area contributed by atoms with Gasteiger partial charge in [0.2, 0.25) is 0 Å². The van der Waals surface area contributed by atoms with Crippen molar-refractivity contribution in [3.8, 4) is 11.1 Å². The van der Waals surface area contributed by atoms with Crippen LogP contribution in [0.25, 0.3) is 32.7 Å². The molecule has 2 aliphatic rings. The van der Waals surface area contributed by atoms with Crippen LogP contribution in [0.1, 0.15) is 112 Å². The molecule has 0 saturated carbocycles. The number of allylic oxidation sites excluding steroid dienone is 4. The van der Waals surface area contributed by atoms with Gasteiger partial charge in [-0.15, -0.1) is 0 Å². The van der Waals surface area contributed by atoms with E-state index in [1.807, 2.05) is 0 Å². The van der Waals surface area contributed by atoms with Gasteiger partial charge < -0.3 is 9.80 Å². The van der Waals surface area contributed by atoms with Crippen molar-refractivity contribution in [2.45, 2.75) is 113 Å². The molecule has 0 unspecified atom stereocenters. The molecule has 0 N–H and O–H groups in total. The van der Waals surface area contributed by atoms with Crippen LogP contribution in [-0.2, 0) is 18.3 Å². The zero-order valence-electron chi connectivity index (χ0n) is 38.2. The molecular weight excluding hydrogens is 737 g/mol. The lowest BCUT2D eigenvalue weighted by molar-refractivity contribution is 0.662. The number of benzene rings is 7. The number of aryl methyl sites for hydroxylation is 6. The van der Waals surface area contributed by atoms with E-state index in [1.165, 1.54) is 117 Å². The van der Waals surface area contributed by atoms with Crippen molar-refractivity contribution in [2.24, 2.45) is 0 Å². The average Bonchev–Trinajstić information content (AvgIpc) is 3.48. The molecule has 0 aliphatic heterocycles. The van der Waals surface area contributed by atoms with E-state index in [0.29, 0.717) is 0 Å². The fraction of sp³-hybridized carbons (Fsp3) is 0.288. The van der Waals surface area contributed by atoms with Crippen LogP contribution in [0.3, 0.4) is 0 Å². The van der Waals surface area contributed by atoms with E-state index in [4.69, 9.17) is 0 Å². The molecule has 0 amide bonds. The average molecular weight is 799 g/mol. The normalized spacial score (nSPS) is 14.4. The molecule has 0 atom stereocenters. The molecule has 61 heavy (non-hydrogen) atoms. The maximum absolute atomic E-state index is 2.54.